The van der Waals surface area contributed by atoms with Crippen LogP contribution in [0.2, 0.25) is 5.28 Å². The van der Waals surface area contributed by atoms with E-state index in [4.69, 9.17) is 11.6 Å². The third-order valence-electron chi connectivity index (χ3n) is 2.28. The van der Waals surface area contributed by atoms with Crippen LogP contribution in [0.1, 0.15) is 0 Å². The summed E-state index contributed by atoms with van der Waals surface area (Å²) in [6.07, 6.45) is 3.84. The highest BCUT2D eigenvalue weighted by atomic mass is 35.5. The minimum Gasteiger partial charge on any atom is -0.341 e. The van der Waals surface area contributed by atoms with Gasteiger partial charge in [-0.15, -0.1) is 0 Å². The van der Waals surface area contributed by atoms with E-state index in [1.807, 2.05) is 0 Å². The van der Waals surface area contributed by atoms with Crippen LogP contribution in [0.15, 0.2) is 28.9 Å². The lowest BCUT2D eigenvalue weighted by Gasteiger charge is -2.02. The van der Waals surface area contributed by atoms with E-state index in [1.54, 1.807) is 0 Å². The molecule has 0 aromatic carbocycles. The molecule has 3 aromatic rings. The quantitative estimate of drug-likeness (QED) is 0.336. The summed E-state index contributed by atoms with van der Waals surface area (Å²) in [5, 5.41) is 11.4. The SMILES string of the molecule is O=[N+]([O-])c1cnc(Cl)nc1Sc1ncnc2nc[nH]c12. The van der Waals surface area contributed by atoms with E-state index in [2.05, 4.69) is 29.9 Å². The molecule has 0 amide bonds. The first-order valence-electron chi connectivity index (χ1n) is 5.14. The lowest BCUT2D eigenvalue weighted by molar-refractivity contribution is -0.388. The number of nitrogens with zero attached hydrogens (tertiary/aromatic N) is 6. The van der Waals surface area contributed by atoms with Gasteiger partial charge in [-0.2, -0.15) is 0 Å². The Kier molecular flexibility index (Phi) is 3.16. The fraction of sp³-hybridized carbons (Fsp3) is 0. The maximum atomic E-state index is 11.0. The predicted octanol–water partition coefficient (Wildman–Crippen LogP) is 1.86. The number of nitro groups is 1. The number of halogens is 1. The fourth-order valence-corrected chi connectivity index (χ4v) is 2.53. The number of aromatic amines is 1. The van der Waals surface area contributed by atoms with E-state index >= 15 is 0 Å². The second-order valence-electron chi connectivity index (χ2n) is 3.47. The van der Waals surface area contributed by atoms with Crippen LogP contribution in [0, 0.1) is 10.1 Å². The molecule has 0 saturated heterocycles. The maximum absolute atomic E-state index is 11.0. The van der Waals surface area contributed by atoms with Crippen molar-refractivity contribution in [2.24, 2.45) is 0 Å². The smallest absolute Gasteiger partial charge is 0.320 e. The fourth-order valence-electron chi connectivity index (χ4n) is 1.45. The highest BCUT2D eigenvalue weighted by molar-refractivity contribution is 7.99. The van der Waals surface area contributed by atoms with Gasteiger partial charge < -0.3 is 4.98 Å². The molecule has 0 unspecified atom stereocenters. The predicted molar refractivity (Wildman–Crippen MR) is 69.5 cm³/mol. The minimum absolute atomic E-state index is 0.0759. The van der Waals surface area contributed by atoms with Gasteiger partial charge in [0.1, 0.15) is 23.1 Å². The molecule has 0 spiro atoms. The van der Waals surface area contributed by atoms with Gasteiger partial charge in [-0.3, -0.25) is 10.1 Å². The molecule has 100 valence electrons. The van der Waals surface area contributed by atoms with Crippen molar-refractivity contribution in [1.29, 1.82) is 0 Å². The molecule has 0 bridgehead atoms. The third kappa shape index (κ3) is 2.26. The number of nitrogens with one attached hydrogen (secondary N) is 1. The van der Waals surface area contributed by atoms with E-state index in [0.717, 1.165) is 18.0 Å². The molecule has 1 N–H and O–H groups in total. The molecule has 3 heterocycles. The zero-order chi connectivity index (χ0) is 14.1. The van der Waals surface area contributed by atoms with Crippen LogP contribution in [0.5, 0.6) is 0 Å². The Morgan fingerprint density at radius 2 is 2.10 bits per heavy atom. The Morgan fingerprint density at radius 1 is 1.25 bits per heavy atom. The highest BCUT2D eigenvalue weighted by Gasteiger charge is 2.20. The zero-order valence-electron chi connectivity index (χ0n) is 9.52. The number of rotatable bonds is 3. The molecular formula is C9H4ClN7O2S. The number of hydrogen-bond donors (Lipinski definition) is 1. The number of imidazole rings is 1. The molecule has 20 heavy (non-hydrogen) atoms. The molecule has 0 radical (unpaired) electrons. The van der Waals surface area contributed by atoms with Gasteiger partial charge in [-0.05, 0) is 23.4 Å². The van der Waals surface area contributed by atoms with Crippen LogP contribution in [-0.2, 0) is 0 Å². The molecule has 0 aliphatic heterocycles. The summed E-state index contributed by atoms with van der Waals surface area (Å²) in [5.74, 6) is 0. The zero-order valence-corrected chi connectivity index (χ0v) is 11.1. The van der Waals surface area contributed by atoms with Gasteiger partial charge in [0, 0.05) is 0 Å². The lowest BCUT2D eigenvalue weighted by Crippen LogP contribution is -1.96. The van der Waals surface area contributed by atoms with Crippen molar-refractivity contribution >= 4 is 40.2 Å². The van der Waals surface area contributed by atoms with Crippen LogP contribution in [0.4, 0.5) is 5.69 Å². The molecule has 0 aliphatic carbocycles. The van der Waals surface area contributed by atoms with Gasteiger partial charge in [-0.1, -0.05) is 0 Å². The standard InChI is InChI=1S/C9H4ClN7O2S/c10-9-11-1-4(17(18)19)7(16-9)20-8-5-6(13-2-12-5)14-3-15-8/h1-3H,(H,12,13,14,15). The van der Waals surface area contributed by atoms with Crippen LogP contribution < -0.4 is 0 Å². The van der Waals surface area contributed by atoms with Gasteiger partial charge in [-0.25, -0.2) is 24.9 Å². The van der Waals surface area contributed by atoms with Crippen molar-refractivity contribution in [2.75, 3.05) is 0 Å². The largest absolute Gasteiger partial charge is 0.341 e. The average molecular weight is 310 g/mol. The molecule has 0 saturated carbocycles. The third-order valence-corrected chi connectivity index (χ3v) is 3.46. The summed E-state index contributed by atoms with van der Waals surface area (Å²) in [6, 6.07) is 0. The number of fused-ring (bicyclic) bond motifs is 1. The van der Waals surface area contributed by atoms with Crippen molar-refractivity contribution in [3.63, 3.8) is 0 Å². The summed E-state index contributed by atoms with van der Waals surface area (Å²) in [4.78, 5) is 32.7. The first kappa shape index (κ1) is 12.7. The summed E-state index contributed by atoms with van der Waals surface area (Å²) < 4.78 is 0. The Bertz CT molecular complexity index is 808. The van der Waals surface area contributed by atoms with E-state index < -0.39 is 4.92 Å². The average Bonchev–Trinajstić information content (AvgIpc) is 2.88. The maximum Gasteiger partial charge on any atom is 0.320 e. The van der Waals surface area contributed by atoms with Crippen LogP contribution in [0.25, 0.3) is 11.2 Å². The van der Waals surface area contributed by atoms with Gasteiger partial charge in [0.15, 0.2) is 10.7 Å². The molecule has 3 rings (SSSR count). The van der Waals surface area contributed by atoms with Crippen molar-refractivity contribution < 1.29 is 4.92 Å². The molecule has 9 nitrogen and oxygen atoms in total. The van der Waals surface area contributed by atoms with Crippen molar-refractivity contribution in [3.8, 4) is 0 Å². The highest BCUT2D eigenvalue weighted by Crippen LogP contribution is 2.34. The second kappa shape index (κ2) is 4.98. The van der Waals surface area contributed by atoms with E-state index in [9.17, 15) is 10.1 Å². The van der Waals surface area contributed by atoms with Crippen molar-refractivity contribution in [1.82, 2.24) is 29.9 Å². The second-order valence-corrected chi connectivity index (χ2v) is 4.78. The lowest BCUT2D eigenvalue weighted by atomic mass is 10.5. The topological polar surface area (TPSA) is 123 Å². The van der Waals surface area contributed by atoms with E-state index in [0.29, 0.717) is 16.2 Å². The number of hydrogen-bond acceptors (Lipinski definition) is 8. The van der Waals surface area contributed by atoms with E-state index in [-0.39, 0.29) is 16.0 Å². The molecule has 0 fully saturated rings. The van der Waals surface area contributed by atoms with Crippen LogP contribution in [0.3, 0.4) is 0 Å². The molecule has 11 heteroatoms. The molecular weight excluding hydrogens is 306 g/mol. The minimum atomic E-state index is -0.579. The Balaban J connectivity index is 2.09. The van der Waals surface area contributed by atoms with Gasteiger partial charge in [0.05, 0.1) is 11.3 Å². The van der Waals surface area contributed by atoms with Crippen molar-refractivity contribution in [2.45, 2.75) is 10.1 Å². The van der Waals surface area contributed by atoms with Gasteiger partial charge >= 0.3 is 5.69 Å². The number of aromatic nitrogens is 6. The number of H-pyrrole nitrogens is 1. The Hall–Kier alpha value is -2.33. The molecule has 3 aromatic heterocycles. The van der Waals surface area contributed by atoms with Gasteiger partial charge in [0.25, 0.3) is 0 Å². The normalized spacial score (nSPS) is 10.8. The van der Waals surface area contributed by atoms with E-state index in [1.165, 1.54) is 12.7 Å². The first-order chi connectivity index (χ1) is 9.65. The molecule has 0 aliphatic rings. The Morgan fingerprint density at radius 3 is 2.90 bits per heavy atom. The monoisotopic (exact) mass is 309 g/mol. The van der Waals surface area contributed by atoms with Crippen molar-refractivity contribution in [3.05, 3.63) is 34.2 Å². The first-order valence-corrected chi connectivity index (χ1v) is 6.33. The van der Waals surface area contributed by atoms with Crippen LogP contribution in [-0.4, -0.2) is 34.8 Å². The summed E-state index contributed by atoms with van der Waals surface area (Å²) in [6.45, 7) is 0. The van der Waals surface area contributed by atoms with Crippen LogP contribution >= 0.6 is 23.4 Å². The Labute approximate surface area is 120 Å². The molecule has 0 atom stereocenters. The summed E-state index contributed by atoms with van der Waals surface area (Å²) in [5.41, 5.74) is 0.789. The summed E-state index contributed by atoms with van der Waals surface area (Å²) in [7, 11) is 0. The summed E-state index contributed by atoms with van der Waals surface area (Å²) >= 11 is 6.67. The van der Waals surface area contributed by atoms with Gasteiger partial charge in [0.2, 0.25) is 5.28 Å².